The van der Waals surface area contributed by atoms with Gasteiger partial charge in [-0.05, 0) is 52.6 Å². The lowest BCUT2D eigenvalue weighted by Gasteiger charge is -2.19. The molecule has 31 heavy (non-hydrogen) atoms. The Kier molecular flexibility index (Phi) is 9.60. The van der Waals surface area contributed by atoms with Crippen LogP contribution in [0.3, 0.4) is 0 Å². The second-order valence-electron chi connectivity index (χ2n) is 6.64. The van der Waals surface area contributed by atoms with Gasteiger partial charge in [-0.2, -0.15) is 0 Å². The van der Waals surface area contributed by atoms with Crippen LogP contribution in [0.5, 0.6) is 0 Å². The van der Waals surface area contributed by atoms with Crippen molar-refractivity contribution in [2.75, 3.05) is 36.7 Å². The van der Waals surface area contributed by atoms with Crippen molar-refractivity contribution in [1.29, 1.82) is 0 Å². The van der Waals surface area contributed by atoms with E-state index >= 15 is 0 Å². The zero-order chi connectivity index (χ0) is 24.1. The summed E-state index contributed by atoms with van der Waals surface area (Å²) in [6, 6.07) is 0. The number of carbonyl (C=O) groups excluding carboxylic acids is 3. The van der Waals surface area contributed by atoms with E-state index in [1.54, 1.807) is 20.8 Å². The molecule has 0 radical (unpaired) electrons. The van der Waals surface area contributed by atoms with Gasteiger partial charge in [0.2, 0.25) is 0 Å². The Balaban J connectivity index is 0.000000343. The van der Waals surface area contributed by atoms with E-state index in [4.69, 9.17) is 21.9 Å². The van der Waals surface area contributed by atoms with Gasteiger partial charge in [0.1, 0.15) is 15.4 Å². The molecule has 0 bridgehead atoms. The molecule has 7 N–H and O–H groups in total. The number of carbonyl (C=O) groups is 3. The number of nitrogens with two attached hydrogens (primary N) is 3. The summed E-state index contributed by atoms with van der Waals surface area (Å²) < 4.78 is 15.4. The van der Waals surface area contributed by atoms with Crippen molar-refractivity contribution in [1.82, 2.24) is 0 Å². The standard InChI is InChI=1S/C11H15BrN2O4S.C6H7BrN2O2S/c1-11(2,3)18-10(16)14-6-5(13)7(9(15)17-4)19-8(6)12;1-11-6(10)4-2(8)3(9)5(7)12-4/h13H2,1-4H3,(H,14,16);8-9H2,1H3. The number of thiophene rings is 2. The molecule has 0 aliphatic rings. The Morgan fingerprint density at radius 3 is 1.68 bits per heavy atom. The fourth-order valence-corrected chi connectivity index (χ4v) is 4.96. The highest BCUT2D eigenvalue weighted by Crippen LogP contribution is 2.40. The maximum Gasteiger partial charge on any atom is 0.412 e. The maximum atomic E-state index is 11.7. The molecule has 0 aliphatic heterocycles. The number of esters is 2. The third-order valence-corrected chi connectivity index (χ3v) is 6.97. The van der Waals surface area contributed by atoms with E-state index in [1.807, 2.05) is 0 Å². The van der Waals surface area contributed by atoms with E-state index in [-0.39, 0.29) is 16.3 Å². The second-order valence-corrected chi connectivity index (χ2v) is 11.3. The largest absolute Gasteiger partial charge is 0.465 e. The van der Waals surface area contributed by atoms with Crippen molar-refractivity contribution < 1.29 is 28.6 Å². The number of nitrogens with one attached hydrogen (secondary N) is 1. The highest BCUT2D eigenvalue weighted by Gasteiger charge is 2.24. The van der Waals surface area contributed by atoms with Crippen LogP contribution in [0.2, 0.25) is 0 Å². The number of amides is 1. The number of methoxy groups -OCH3 is 2. The van der Waals surface area contributed by atoms with Crippen molar-refractivity contribution in [2.45, 2.75) is 26.4 Å². The van der Waals surface area contributed by atoms with Crippen LogP contribution in [0.4, 0.5) is 27.5 Å². The number of hydrogen-bond acceptors (Lipinski definition) is 11. The van der Waals surface area contributed by atoms with Crippen molar-refractivity contribution in [3.63, 3.8) is 0 Å². The fourth-order valence-electron chi connectivity index (χ4n) is 1.85. The van der Waals surface area contributed by atoms with Crippen LogP contribution in [0.15, 0.2) is 7.57 Å². The van der Waals surface area contributed by atoms with Gasteiger partial charge in [-0.3, -0.25) is 5.32 Å². The first-order valence-electron chi connectivity index (χ1n) is 8.31. The summed E-state index contributed by atoms with van der Waals surface area (Å²) >= 11 is 8.65. The summed E-state index contributed by atoms with van der Waals surface area (Å²) in [5.74, 6) is -1.02. The highest BCUT2D eigenvalue weighted by molar-refractivity contribution is 9.11. The zero-order valence-electron chi connectivity index (χ0n) is 17.3. The molecule has 0 unspecified atom stereocenters. The van der Waals surface area contributed by atoms with Gasteiger partial charge in [-0.25, -0.2) is 14.4 Å². The van der Waals surface area contributed by atoms with Gasteiger partial charge in [0, 0.05) is 0 Å². The van der Waals surface area contributed by atoms with Gasteiger partial charge < -0.3 is 31.4 Å². The van der Waals surface area contributed by atoms with Gasteiger partial charge in [-0.1, -0.05) is 0 Å². The number of anilines is 4. The average molecular weight is 602 g/mol. The van der Waals surface area contributed by atoms with Crippen molar-refractivity contribution in [3.8, 4) is 0 Å². The van der Waals surface area contributed by atoms with Crippen LogP contribution >= 0.6 is 54.5 Å². The molecule has 2 heterocycles. The highest BCUT2D eigenvalue weighted by atomic mass is 79.9. The summed E-state index contributed by atoms with van der Waals surface area (Å²) in [6.45, 7) is 5.25. The van der Waals surface area contributed by atoms with Gasteiger partial charge in [0.05, 0.1) is 44.5 Å². The third kappa shape index (κ3) is 7.26. The summed E-state index contributed by atoms with van der Waals surface area (Å²) in [4.78, 5) is 34.7. The number of ether oxygens (including phenoxy) is 3. The molecule has 0 spiro atoms. The zero-order valence-corrected chi connectivity index (χ0v) is 22.1. The first kappa shape index (κ1) is 27.0. The summed E-state index contributed by atoms with van der Waals surface area (Å²) in [7, 11) is 2.56. The Bertz CT molecular complexity index is 984. The minimum absolute atomic E-state index is 0.148. The Morgan fingerprint density at radius 2 is 1.29 bits per heavy atom. The van der Waals surface area contributed by atoms with E-state index < -0.39 is 23.6 Å². The first-order valence-corrected chi connectivity index (χ1v) is 11.5. The number of rotatable bonds is 3. The Morgan fingerprint density at radius 1 is 0.839 bits per heavy atom. The smallest absolute Gasteiger partial charge is 0.412 e. The molecule has 0 saturated heterocycles. The van der Waals surface area contributed by atoms with Crippen LogP contribution < -0.4 is 22.5 Å². The van der Waals surface area contributed by atoms with Gasteiger partial charge >= 0.3 is 18.0 Å². The van der Waals surface area contributed by atoms with Gasteiger partial charge in [0.15, 0.2) is 0 Å². The minimum atomic E-state index is -0.644. The van der Waals surface area contributed by atoms with Crippen LogP contribution in [-0.2, 0) is 14.2 Å². The third-order valence-electron chi connectivity index (χ3n) is 3.21. The fraction of sp³-hybridized carbons (Fsp3) is 0.353. The molecule has 1 amide bonds. The van der Waals surface area contributed by atoms with Gasteiger partial charge in [0.25, 0.3) is 0 Å². The lowest BCUT2D eigenvalue weighted by atomic mass is 10.2. The predicted molar refractivity (Wildman–Crippen MR) is 130 cm³/mol. The monoisotopic (exact) mass is 600 g/mol. The van der Waals surface area contributed by atoms with Crippen LogP contribution in [0.25, 0.3) is 0 Å². The molecule has 2 aromatic rings. The SMILES string of the molecule is COC(=O)c1sc(Br)c(N)c1N.COC(=O)c1sc(Br)c(NC(=O)OC(C)(C)C)c1N. The molecule has 172 valence electrons. The van der Waals surface area contributed by atoms with Crippen LogP contribution in [0, 0.1) is 0 Å². The maximum absolute atomic E-state index is 11.7. The molecule has 0 aromatic carbocycles. The topological polar surface area (TPSA) is 169 Å². The molecule has 0 fully saturated rings. The molecular formula is C17H22Br2N4O6S2. The quantitative estimate of drug-likeness (QED) is 0.288. The first-order chi connectivity index (χ1) is 14.2. The summed E-state index contributed by atoms with van der Waals surface area (Å²) in [5, 5.41) is 2.50. The number of halogens is 2. The van der Waals surface area contributed by atoms with Crippen LogP contribution in [0.1, 0.15) is 40.1 Å². The van der Waals surface area contributed by atoms with E-state index in [2.05, 4.69) is 46.7 Å². The summed E-state index contributed by atoms with van der Waals surface area (Å²) in [6.07, 6.45) is -0.644. The van der Waals surface area contributed by atoms with E-state index in [0.717, 1.165) is 11.3 Å². The van der Waals surface area contributed by atoms with E-state index in [0.29, 0.717) is 23.8 Å². The molecule has 0 atom stereocenters. The molecule has 0 saturated carbocycles. The summed E-state index contributed by atoms with van der Waals surface area (Å²) in [5.41, 5.74) is 17.4. The number of hydrogen-bond donors (Lipinski definition) is 4. The molecular weight excluding hydrogens is 580 g/mol. The van der Waals surface area contributed by atoms with Crippen molar-refractivity contribution >= 4 is 95.3 Å². The Labute approximate surface area is 203 Å². The normalized spacial score (nSPS) is 10.5. The van der Waals surface area contributed by atoms with Crippen molar-refractivity contribution in [3.05, 3.63) is 17.3 Å². The lowest BCUT2D eigenvalue weighted by molar-refractivity contribution is 0.0598. The van der Waals surface area contributed by atoms with E-state index in [1.165, 1.54) is 25.6 Å². The molecule has 2 rings (SSSR count). The molecule has 10 nitrogen and oxygen atoms in total. The molecule has 0 aliphatic carbocycles. The van der Waals surface area contributed by atoms with Crippen molar-refractivity contribution in [2.24, 2.45) is 0 Å². The molecule has 14 heteroatoms. The van der Waals surface area contributed by atoms with Gasteiger partial charge in [-0.15, -0.1) is 22.7 Å². The lowest BCUT2D eigenvalue weighted by Crippen LogP contribution is -2.27. The molecule has 2 aromatic heterocycles. The number of nitrogen functional groups attached to an aromatic ring is 3. The van der Waals surface area contributed by atoms with E-state index in [9.17, 15) is 14.4 Å². The minimum Gasteiger partial charge on any atom is -0.465 e. The Hall–Kier alpha value is -2.03. The predicted octanol–water partition coefficient (Wildman–Crippen LogP) is 4.69. The van der Waals surface area contributed by atoms with Crippen LogP contribution in [-0.4, -0.2) is 37.9 Å². The second kappa shape index (κ2) is 11.0. The average Bonchev–Trinajstić information content (AvgIpc) is 3.10.